The van der Waals surface area contributed by atoms with Crippen LogP contribution in [0.1, 0.15) is 5.56 Å². The SMILES string of the molecule is CNCCNc1cccc(CS(=O)(=O)c2ccccc2)c1/N=C/OC. The molecule has 0 amide bonds. The summed E-state index contributed by atoms with van der Waals surface area (Å²) in [6.07, 6.45) is 1.30. The summed E-state index contributed by atoms with van der Waals surface area (Å²) in [4.78, 5) is 4.58. The Bertz CT molecular complexity index is 806. The molecule has 134 valence electrons. The van der Waals surface area contributed by atoms with Gasteiger partial charge in [0.15, 0.2) is 16.2 Å². The molecule has 0 spiro atoms. The average molecular weight is 361 g/mol. The van der Waals surface area contributed by atoms with Gasteiger partial charge in [0.1, 0.15) is 0 Å². The number of nitrogens with one attached hydrogen (secondary N) is 2. The van der Waals surface area contributed by atoms with Crippen molar-refractivity contribution in [1.29, 1.82) is 0 Å². The summed E-state index contributed by atoms with van der Waals surface area (Å²) in [5, 5.41) is 6.32. The Morgan fingerprint density at radius 3 is 2.52 bits per heavy atom. The Morgan fingerprint density at radius 1 is 1.08 bits per heavy atom. The topological polar surface area (TPSA) is 79.8 Å². The van der Waals surface area contributed by atoms with Crippen LogP contribution in [0, 0.1) is 0 Å². The minimum atomic E-state index is -3.46. The van der Waals surface area contributed by atoms with Crippen molar-refractivity contribution in [3.05, 3.63) is 54.1 Å². The van der Waals surface area contributed by atoms with Crippen molar-refractivity contribution >= 4 is 27.6 Å². The van der Waals surface area contributed by atoms with Gasteiger partial charge in [-0.25, -0.2) is 13.4 Å². The minimum Gasteiger partial charge on any atom is -0.486 e. The normalized spacial score (nSPS) is 11.6. The van der Waals surface area contributed by atoms with Crippen LogP contribution in [-0.4, -0.2) is 42.1 Å². The predicted molar refractivity (Wildman–Crippen MR) is 101 cm³/mol. The monoisotopic (exact) mass is 361 g/mol. The molecule has 2 rings (SSSR count). The average Bonchev–Trinajstić information content (AvgIpc) is 2.62. The zero-order chi connectivity index (χ0) is 18.1. The third-order valence-corrected chi connectivity index (χ3v) is 5.23. The van der Waals surface area contributed by atoms with E-state index in [1.165, 1.54) is 13.5 Å². The number of benzene rings is 2. The zero-order valence-electron chi connectivity index (χ0n) is 14.4. The van der Waals surface area contributed by atoms with Crippen LogP contribution in [-0.2, 0) is 20.3 Å². The molecule has 0 aromatic heterocycles. The Balaban J connectivity index is 2.36. The smallest absolute Gasteiger partial charge is 0.182 e. The van der Waals surface area contributed by atoms with Crippen LogP contribution in [0.2, 0.25) is 0 Å². The summed E-state index contributed by atoms with van der Waals surface area (Å²) < 4.78 is 30.3. The molecule has 6 nitrogen and oxygen atoms in total. The van der Waals surface area contributed by atoms with Crippen LogP contribution in [0.3, 0.4) is 0 Å². The van der Waals surface area contributed by atoms with Crippen molar-refractivity contribution in [3.8, 4) is 0 Å². The lowest BCUT2D eigenvalue weighted by Gasteiger charge is -2.13. The highest BCUT2D eigenvalue weighted by atomic mass is 32.2. The van der Waals surface area contributed by atoms with Gasteiger partial charge < -0.3 is 15.4 Å². The number of sulfone groups is 1. The van der Waals surface area contributed by atoms with Gasteiger partial charge >= 0.3 is 0 Å². The van der Waals surface area contributed by atoms with Gasteiger partial charge in [-0.3, -0.25) is 0 Å². The summed E-state index contributed by atoms with van der Waals surface area (Å²) in [7, 11) is -0.0871. The Hall–Kier alpha value is -2.38. The van der Waals surface area contributed by atoms with E-state index in [1.807, 2.05) is 19.2 Å². The fraction of sp³-hybridized carbons (Fsp3) is 0.278. The lowest BCUT2D eigenvalue weighted by atomic mass is 10.1. The maximum absolute atomic E-state index is 12.7. The molecule has 0 aliphatic heterocycles. The standard InChI is InChI=1S/C18H23N3O3S/c1-19-11-12-20-17-10-6-7-15(18(17)21-14-24-2)13-25(22,23)16-8-4-3-5-9-16/h3-10,14,19-20H,11-13H2,1-2H3/b21-14+. The molecule has 0 saturated carbocycles. The third kappa shape index (κ3) is 5.30. The Kier molecular flexibility index (Phi) is 6.97. The van der Waals surface area contributed by atoms with Crippen LogP contribution in [0.15, 0.2) is 58.4 Å². The van der Waals surface area contributed by atoms with E-state index in [1.54, 1.807) is 36.4 Å². The summed E-state index contributed by atoms with van der Waals surface area (Å²) >= 11 is 0. The lowest BCUT2D eigenvalue weighted by Crippen LogP contribution is -2.18. The maximum Gasteiger partial charge on any atom is 0.182 e. The van der Waals surface area contributed by atoms with Gasteiger partial charge in [0, 0.05) is 13.1 Å². The molecule has 0 aliphatic rings. The van der Waals surface area contributed by atoms with Crippen molar-refractivity contribution in [2.24, 2.45) is 4.99 Å². The largest absolute Gasteiger partial charge is 0.486 e. The number of ether oxygens (including phenoxy) is 1. The number of hydrogen-bond acceptors (Lipinski definition) is 6. The predicted octanol–water partition coefficient (Wildman–Crippen LogP) is 2.60. The molecule has 0 fully saturated rings. The van der Waals surface area contributed by atoms with Gasteiger partial charge in [-0.2, -0.15) is 0 Å². The number of anilines is 1. The third-order valence-electron chi connectivity index (χ3n) is 3.55. The van der Waals surface area contributed by atoms with Crippen molar-refractivity contribution < 1.29 is 13.2 Å². The highest BCUT2D eigenvalue weighted by molar-refractivity contribution is 7.90. The van der Waals surface area contributed by atoms with Crippen LogP contribution in [0.25, 0.3) is 0 Å². The molecule has 7 heteroatoms. The van der Waals surface area contributed by atoms with E-state index in [9.17, 15) is 8.42 Å². The van der Waals surface area contributed by atoms with Crippen molar-refractivity contribution in [3.63, 3.8) is 0 Å². The molecule has 0 aliphatic carbocycles. The van der Waals surface area contributed by atoms with Gasteiger partial charge in [0.2, 0.25) is 0 Å². The molecule has 2 aromatic carbocycles. The second-order valence-electron chi connectivity index (χ2n) is 5.39. The molecule has 25 heavy (non-hydrogen) atoms. The molecular formula is C18H23N3O3S. The number of rotatable bonds is 9. The molecule has 0 saturated heterocycles. The summed E-state index contributed by atoms with van der Waals surface area (Å²) in [5.74, 6) is -0.130. The second kappa shape index (κ2) is 9.19. The van der Waals surface area contributed by atoms with E-state index in [0.717, 1.165) is 12.2 Å². The van der Waals surface area contributed by atoms with Crippen molar-refractivity contribution in [2.75, 3.05) is 32.6 Å². The molecule has 0 bridgehead atoms. The molecule has 2 N–H and O–H groups in total. The quantitative estimate of drug-likeness (QED) is 0.408. The number of nitrogens with zero attached hydrogens (tertiary/aromatic N) is 1. The second-order valence-corrected chi connectivity index (χ2v) is 7.38. The number of aliphatic imine (C=N–C) groups is 1. The molecule has 0 heterocycles. The fourth-order valence-electron chi connectivity index (χ4n) is 2.35. The van der Waals surface area contributed by atoms with Gasteiger partial charge in [0.05, 0.1) is 29.1 Å². The highest BCUT2D eigenvalue weighted by Crippen LogP contribution is 2.31. The highest BCUT2D eigenvalue weighted by Gasteiger charge is 2.18. The van der Waals surface area contributed by atoms with Gasteiger partial charge in [-0.1, -0.05) is 30.3 Å². The molecular weight excluding hydrogens is 338 g/mol. The maximum atomic E-state index is 12.7. The number of likely N-dealkylation sites (N-methyl/N-ethyl adjacent to an activating group) is 1. The minimum absolute atomic E-state index is 0.130. The summed E-state index contributed by atoms with van der Waals surface area (Å²) in [6, 6.07) is 13.9. The van der Waals surface area contributed by atoms with E-state index in [4.69, 9.17) is 4.74 Å². The lowest BCUT2D eigenvalue weighted by molar-refractivity contribution is 0.423. The molecule has 0 atom stereocenters. The Labute approximate surface area is 148 Å². The molecule has 0 unspecified atom stereocenters. The summed E-state index contributed by atoms with van der Waals surface area (Å²) in [6.45, 7) is 1.47. The number of hydrogen-bond donors (Lipinski definition) is 2. The van der Waals surface area contributed by atoms with Crippen LogP contribution in [0.4, 0.5) is 11.4 Å². The van der Waals surface area contributed by atoms with Gasteiger partial charge in [0.25, 0.3) is 0 Å². The van der Waals surface area contributed by atoms with Gasteiger partial charge in [-0.05, 0) is 30.8 Å². The Morgan fingerprint density at radius 2 is 1.84 bits per heavy atom. The molecule has 0 radical (unpaired) electrons. The van der Waals surface area contributed by atoms with Crippen molar-refractivity contribution in [2.45, 2.75) is 10.6 Å². The first-order valence-corrected chi connectivity index (χ1v) is 9.57. The first-order valence-electron chi connectivity index (χ1n) is 7.92. The fourth-order valence-corrected chi connectivity index (χ4v) is 3.73. The van der Waals surface area contributed by atoms with Crippen molar-refractivity contribution in [1.82, 2.24) is 5.32 Å². The first kappa shape index (κ1) is 19.0. The van der Waals surface area contributed by atoms with E-state index < -0.39 is 9.84 Å². The van der Waals surface area contributed by atoms with Gasteiger partial charge in [-0.15, -0.1) is 0 Å². The zero-order valence-corrected chi connectivity index (χ0v) is 15.2. The van der Waals surface area contributed by atoms with Crippen LogP contribution in [0.5, 0.6) is 0 Å². The number of para-hydroxylation sites is 1. The molecule has 2 aromatic rings. The van der Waals surface area contributed by atoms with E-state index in [0.29, 0.717) is 22.7 Å². The van der Waals surface area contributed by atoms with Crippen LogP contribution >= 0.6 is 0 Å². The first-order chi connectivity index (χ1) is 12.1. The van der Waals surface area contributed by atoms with E-state index in [-0.39, 0.29) is 5.75 Å². The number of methoxy groups -OCH3 is 1. The van der Waals surface area contributed by atoms with Crippen LogP contribution < -0.4 is 10.6 Å². The van der Waals surface area contributed by atoms with E-state index in [2.05, 4.69) is 15.6 Å². The van der Waals surface area contributed by atoms with E-state index >= 15 is 0 Å². The summed E-state index contributed by atoms with van der Waals surface area (Å²) in [5.41, 5.74) is 1.95.